The Morgan fingerprint density at radius 2 is 1.05 bits per heavy atom. The van der Waals surface area contributed by atoms with E-state index in [0.717, 1.165) is 45.6 Å². The minimum atomic E-state index is -0.0934. The third-order valence-corrected chi connectivity index (χ3v) is 12.5. The van der Waals surface area contributed by atoms with Crippen LogP contribution < -0.4 is 0 Å². The van der Waals surface area contributed by atoms with E-state index < -0.39 is 0 Å². The first-order valence-electron chi connectivity index (χ1n) is 16.9. The number of phenols is 2. The van der Waals surface area contributed by atoms with Gasteiger partial charge in [-0.05, 0) is 97.8 Å². The summed E-state index contributed by atoms with van der Waals surface area (Å²) < 4.78 is 0. The molecule has 2 aromatic rings. The van der Waals surface area contributed by atoms with E-state index in [1.54, 1.807) is 0 Å². The van der Waals surface area contributed by atoms with Crippen molar-refractivity contribution >= 4 is 23.5 Å². The molecule has 4 heteroatoms. The number of thioether (sulfide) groups is 2. The molecular weight excluding hydrogens is 577 g/mol. The number of hydrogen-bond acceptors (Lipinski definition) is 4. The van der Waals surface area contributed by atoms with Crippen molar-refractivity contribution < 1.29 is 10.2 Å². The lowest BCUT2D eigenvalue weighted by molar-refractivity contribution is 0.244. The highest BCUT2D eigenvalue weighted by atomic mass is 32.2. The van der Waals surface area contributed by atoms with Gasteiger partial charge in [0.15, 0.2) is 0 Å². The summed E-state index contributed by atoms with van der Waals surface area (Å²) in [4.78, 5) is 0. The maximum atomic E-state index is 11.2. The molecule has 2 N–H and O–H groups in total. The van der Waals surface area contributed by atoms with Crippen LogP contribution in [0.5, 0.6) is 11.5 Å². The van der Waals surface area contributed by atoms with Gasteiger partial charge in [-0.2, -0.15) is 23.5 Å². The molecule has 1 aliphatic rings. The summed E-state index contributed by atoms with van der Waals surface area (Å²) in [6, 6.07) is 9.02. The van der Waals surface area contributed by atoms with Crippen LogP contribution in [0.4, 0.5) is 0 Å². The molecule has 0 saturated heterocycles. The van der Waals surface area contributed by atoms with Crippen molar-refractivity contribution in [2.75, 3.05) is 5.75 Å². The van der Waals surface area contributed by atoms with Gasteiger partial charge in [-0.25, -0.2) is 0 Å². The molecule has 2 nitrogen and oxygen atoms in total. The van der Waals surface area contributed by atoms with E-state index in [4.69, 9.17) is 0 Å². The standard InChI is InChI=1S/C40H64O2S2/c1-25-15-16-29(21-34(25)44-24-28-19-32(39(9,10)11)36(42)33(20-28)40(12,13)14)26(2)22-43-23-27-17-30(37(3,4)5)35(41)31(18-27)38(6,7)8/h17-20,25-26,29,34,41-42H,15-16,21-24H2,1-14H3. The zero-order valence-corrected chi connectivity index (χ0v) is 32.2. The molecule has 0 heterocycles. The molecule has 0 spiro atoms. The first-order chi connectivity index (χ1) is 20.0. The maximum absolute atomic E-state index is 11.2. The Balaban J connectivity index is 1.67. The van der Waals surface area contributed by atoms with E-state index in [0.29, 0.717) is 22.7 Å². The van der Waals surface area contributed by atoms with Gasteiger partial charge in [0, 0.05) is 16.8 Å². The molecule has 0 radical (unpaired) electrons. The molecule has 2 aromatic carbocycles. The van der Waals surface area contributed by atoms with Gasteiger partial charge < -0.3 is 10.2 Å². The summed E-state index contributed by atoms with van der Waals surface area (Å²) in [5, 5.41) is 23.0. The van der Waals surface area contributed by atoms with E-state index in [-0.39, 0.29) is 21.7 Å². The monoisotopic (exact) mass is 640 g/mol. The van der Waals surface area contributed by atoms with Crippen LogP contribution in [0.3, 0.4) is 0 Å². The van der Waals surface area contributed by atoms with Crippen LogP contribution in [-0.4, -0.2) is 21.2 Å². The number of hydrogen-bond donors (Lipinski definition) is 2. The lowest BCUT2D eigenvalue weighted by atomic mass is 9.77. The van der Waals surface area contributed by atoms with Crippen molar-refractivity contribution in [3.8, 4) is 11.5 Å². The van der Waals surface area contributed by atoms with Crippen molar-refractivity contribution in [2.24, 2.45) is 17.8 Å². The molecule has 44 heavy (non-hydrogen) atoms. The van der Waals surface area contributed by atoms with Crippen LogP contribution in [0, 0.1) is 17.8 Å². The molecule has 1 aliphatic carbocycles. The van der Waals surface area contributed by atoms with Gasteiger partial charge in [-0.3, -0.25) is 0 Å². The molecule has 0 aromatic heterocycles. The van der Waals surface area contributed by atoms with Gasteiger partial charge in [0.25, 0.3) is 0 Å². The van der Waals surface area contributed by atoms with E-state index in [9.17, 15) is 10.2 Å². The number of benzene rings is 2. The highest BCUT2D eigenvalue weighted by Crippen LogP contribution is 2.45. The van der Waals surface area contributed by atoms with Gasteiger partial charge >= 0.3 is 0 Å². The molecule has 248 valence electrons. The molecular formula is C40H64O2S2. The van der Waals surface area contributed by atoms with Crippen LogP contribution >= 0.6 is 23.5 Å². The predicted octanol–water partition coefficient (Wildman–Crippen LogP) is 11.9. The fourth-order valence-electron chi connectivity index (χ4n) is 6.60. The number of aromatic hydroxyl groups is 2. The fraction of sp³-hybridized carbons (Fsp3) is 0.700. The van der Waals surface area contributed by atoms with Crippen LogP contribution in [-0.2, 0) is 33.2 Å². The van der Waals surface area contributed by atoms with Crippen molar-refractivity contribution in [3.05, 3.63) is 57.6 Å². The van der Waals surface area contributed by atoms with Gasteiger partial charge in [0.2, 0.25) is 0 Å². The van der Waals surface area contributed by atoms with Gasteiger partial charge in [-0.15, -0.1) is 0 Å². The topological polar surface area (TPSA) is 40.5 Å². The minimum absolute atomic E-state index is 0.0910. The second-order valence-corrected chi connectivity index (χ2v) is 20.2. The molecule has 0 bridgehead atoms. The highest BCUT2D eigenvalue weighted by Gasteiger charge is 2.32. The smallest absolute Gasteiger partial charge is 0.123 e. The van der Waals surface area contributed by atoms with Gasteiger partial charge in [0.1, 0.15) is 11.5 Å². The predicted molar refractivity (Wildman–Crippen MR) is 198 cm³/mol. The third-order valence-electron chi connectivity index (χ3n) is 9.65. The summed E-state index contributed by atoms with van der Waals surface area (Å²) in [7, 11) is 0. The van der Waals surface area contributed by atoms with E-state index in [2.05, 4.69) is 145 Å². The minimum Gasteiger partial charge on any atom is -0.507 e. The summed E-state index contributed by atoms with van der Waals surface area (Å²) in [6.45, 7) is 31.3. The van der Waals surface area contributed by atoms with Gasteiger partial charge in [0.05, 0.1) is 0 Å². The maximum Gasteiger partial charge on any atom is 0.123 e. The van der Waals surface area contributed by atoms with Crippen LogP contribution in [0.2, 0.25) is 0 Å². The molecule has 1 saturated carbocycles. The fourth-order valence-corrected chi connectivity index (χ4v) is 9.19. The Hall–Kier alpha value is -1.26. The molecule has 4 unspecified atom stereocenters. The summed E-state index contributed by atoms with van der Waals surface area (Å²) in [5.74, 6) is 6.31. The summed E-state index contributed by atoms with van der Waals surface area (Å²) in [6.07, 6.45) is 3.95. The summed E-state index contributed by atoms with van der Waals surface area (Å²) >= 11 is 4.20. The van der Waals surface area contributed by atoms with Crippen molar-refractivity contribution in [2.45, 2.75) is 155 Å². The van der Waals surface area contributed by atoms with Crippen LogP contribution in [0.1, 0.15) is 150 Å². The molecule has 1 fully saturated rings. The zero-order chi connectivity index (χ0) is 33.4. The molecule has 4 atom stereocenters. The van der Waals surface area contributed by atoms with Crippen LogP contribution in [0.25, 0.3) is 0 Å². The largest absolute Gasteiger partial charge is 0.507 e. The SMILES string of the molecule is CC(CSCc1cc(C(C)(C)C)c(O)c(C(C)(C)C)c1)C1CCC(C)C(SCc2cc(C(C)(C)C)c(O)c(C(C)(C)C)c2)C1. The normalized spacial score (nSPS) is 21.0. The third kappa shape index (κ3) is 9.40. The number of rotatable bonds is 8. The summed E-state index contributed by atoms with van der Waals surface area (Å²) in [5.41, 5.74) is 6.57. The van der Waals surface area contributed by atoms with Crippen molar-refractivity contribution in [3.63, 3.8) is 0 Å². The Morgan fingerprint density at radius 1 is 0.659 bits per heavy atom. The van der Waals surface area contributed by atoms with Crippen LogP contribution in [0.15, 0.2) is 24.3 Å². The average Bonchev–Trinajstić information content (AvgIpc) is 2.86. The molecule has 3 rings (SSSR count). The Bertz CT molecular complexity index is 1200. The zero-order valence-electron chi connectivity index (χ0n) is 30.6. The molecule has 0 aliphatic heterocycles. The first kappa shape index (κ1) is 37.2. The highest BCUT2D eigenvalue weighted by molar-refractivity contribution is 7.99. The molecule has 0 amide bonds. The van der Waals surface area contributed by atoms with E-state index in [1.165, 1.54) is 36.1 Å². The number of phenolic OH excluding ortho intramolecular Hbond substituents is 2. The Labute approximate surface area is 280 Å². The van der Waals surface area contributed by atoms with Crippen molar-refractivity contribution in [1.29, 1.82) is 0 Å². The second kappa shape index (κ2) is 13.8. The lowest BCUT2D eigenvalue weighted by Gasteiger charge is -2.37. The second-order valence-electron chi connectivity index (χ2n) is 18.0. The average molecular weight is 641 g/mol. The van der Waals surface area contributed by atoms with E-state index >= 15 is 0 Å². The van der Waals surface area contributed by atoms with Crippen molar-refractivity contribution in [1.82, 2.24) is 0 Å². The van der Waals surface area contributed by atoms with Gasteiger partial charge in [-0.1, -0.05) is 121 Å². The van der Waals surface area contributed by atoms with E-state index in [1.807, 2.05) is 0 Å². The quantitative estimate of drug-likeness (QED) is 0.301. The lowest BCUT2D eigenvalue weighted by Crippen LogP contribution is -2.29. The Morgan fingerprint density at radius 3 is 1.43 bits per heavy atom. The first-order valence-corrected chi connectivity index (χ1v) is 19.1. The Kier molecular flexibility index (Phi) is 11.7.